The Morgan fingerprint density at radius 1 is 0.971 bits per heavy atom. The largest absolute Gasteiger partial charge is 0.379 e. The molecule has 0 aromatic heterocycles. The van der Waals surface area contributed by atoms with Gasteiger partial charge in [-0.3, -0.25) is 4.79 Å². The third kappa shape index (κ3) is 9.84. The lowest BCUT2D eigenvalue weighted by atomic mass is 10.1. The Morgan fingerprint density at radius 2 is 1.62 bits per heavy atom. The maximum atomic E-state index is 13.1. The number of amides is 1. The Kier molecular flexibility index (Phi) is 11.5. The molecule has 7 heteroatoms. The Morgan fingerprint density at radius 3 is 2.26 bits per heavy atom. The highest BCUT2D eigenvalue weighted by atomic mass is 32.2. The van der Waals surface area contributed by atoms with Crippen molar-refractivity contribution < 1.29 is 21.8 Å². The van der Waals surface area contributed by atoms with E-state index in [2.05, 4.69) is 20.8 Å². The minimum atomic E-state index is -4.08. The highest BCUT2D eigenvalue weighted by Gasteiger charge is 2.19. The quantitative estimate of drug-likeness (QED) is 0.205. The van der Waals surface area contributed by atoms with E-state index in [1.54, 1.807) is 18.2 Å². The average molecular weight is 492 g/mol. The number of benzene rings is 2. The second-order valence-corrected chi connectivity index (χ2v) is 10.7. The molecule has 1 amide bonds. The number of rotatable bonds is 15. The molecule has 2 aromatic rings. The van der Waals surface area contributed by atoms with Gasteiger partial charge in [-0.25, -0.2) is 4.39 Å². The number of unbranched alkanes of at least 4 members (excludes halogenated alkanes) is 6. The number of carbonyl (C=O) groups is 1. The maximum absolute atomic E-state index is 13.1. The van der Waals surface area contributed by atoms with Gasteiger partial charge in [-0.2, -0.15) is 8.42 Å². The van der Waals surface area contributed by atoms with E-state index in [-0.39, 0.29) is 16.6 Å². The molecule has 5 nitrogen and oxygen atoms in total. The van der Waals surface area contributed by atoms with Gasteiger partial charge < -0.3 is 9.08 Å². The van der Waals surface area contributed by atoms with Gasteiger partial charge in [0.05, 0.1) is 0 Å². The summed E-state index contributed by atoms with van der Waals surface area (Å²) in [4.78, 5) is 14.6. The molecule has 0 N–H and O–H groups in total. The molecular weight excluding hydrogens is 453 g/mol. The highest BCUT2D eigenvalue weighted by Crippen LogP contribution is 2.22. The fourth-order valence-corrected chi connectivity index (χ4v) is 4.70. The summed E-state index contributed by atoms with van der Waals surface area (Å²) in [6.45, 7) is 7.37. The Hall–Kier alpha value is -2.41. The zero-order valence-electron chi connectivity index (χ0n) is 20.6. The van der Waals surface area contributed by atoms with E-state index >= 15 is 0 Å². The first kappa shape index (κ1) is 27.8. The van der Waals surface area contributed by atoms with Gasteiger partial charge in [0.1, 0.15) is 16.5 Å². The molecule has 0 aliphatic carbocycles. The van der Waals surface area contributed by atoms with E-state index in [0.717, 1.165) is 30.5 Å². The van der Waals surface area contributed by atoms with Crippen molar-refractivity contribution in [3.63, 3.8) is 0 Å². The topological polar surface area (TPSA) is 63.7 Å². The standard InChI is InChI=1S/C27H38FNO4S/c1-4-5-6-7-8-9-10-14-27(30)29(20-22(2)3)21-23-12-11-13-25(19-23)33-34(31,32)26-17-15-24(28)16-18-26/h11-13,15-19,22H,4-10,14,20-21H2,1-3H3. The van der Waals surface area contributed by atoms with Gasteiger partial charge in [-0.05, 0) is 54.3 Å². The van der Waals surface area contributed by atoms with Gasteiger partial charge in [0.2, 0.25) is 5.91 Å². The molecule has 2 rings (SSSR count). The molecule has 188 valence electrons. The molecule has 0 spiro atoms. The SMILES string of the molecule is CCCCCCCCCC(=O)N(Cc1cccc(OS(=O)(=O)c2ccc(F)cc2)c1)CC(C)C. The predicted molar refractivity (Wildman–Crippen MR) is 134 cm³/mol. The van der Waals surface area contributed by atoms with Crippen molar-refractivity contribution in [2.75, 3.05) is 6.54 Å². The molecule has 0 saturated carbocycles. The highest BCUT2D eigenvalue weighted by molar-refractivity contribution is 7.87. The Bertz CT molecular complexity index is 990. The molecule has 34 heavy (non-hydrogen) atoms. The number of hydrogen-bond acceptors (Lipinski definition) is 4. The van der Waals surface area contributed by atoms with E-state index in [1.165, 1.54) is 44.2 Å². The Balaban J connectivity index is 1.99. The number of halogens is 1. The molecule has 0 saturated heterocycles. The minimum Gasteiger partial charge on any atom is -0.379 e. The summed E-state index contributed by atoms with van der Waals surface area (Å²) in [7, 11) is -4.08. The van der Waals surface area contributed by atoms with Crippen molar-refractivity contribution in [1.82, 2.24) is 4.90 Å². The van der Waals surface area contributed by atoms with Gasteiger partial charge in [0, 0.05) is 19.5 Å². The fourth-order valence-electron chi connectivity index (χ4n) is 3.78. The molecule has 0 atom stereocenters. The first-order valence-corrected chi connectivity index (χ1v) is 13.7. The number of carbonyl (C=O) groups excluding carboxylic acids is 1. The first-order chi connectivity index (χ1) is 16.2. The normalized spacial score (nSPS) is 11.6. The summed E-state index contributed by atoms with van der Waals surface area (Å²) < 4.78 is 43.4. The van der Waals surface area contributed by atoms with Crippen LogP contribution in [0.2, 0.25) is 0 Å². The molecule has 2 aromatic carbocycles. The van der Waals surface area contributed by atoms with Crippen molar-refractivity contribution in [3.8, 4) is 5.75 Å². The fraction of sp³-hybridized carbons (Fsp3) is 0.519. The second-order valence-electron chi connectivity index (χ2n) is 9.18. The van der Waals surface area contributed by atoms with Crippen LogP contribution >= 0.6 is 0 Å². The zero-order chi connectivity index (χ0) is 25.0. The average Bonchev–Trinajstić information content (AvgIpc) is 2.78. The van der Waals surface area contributed by atoms with Crippen molar-refractivity contribution in [1.29, 1.82) is 0 Å². The summed E-state index contributed by atoms with van der Waals surface area (Å²) >= 11 is 0. The summed E-state index contributed by atoms with van der Waals surface area (Å²) in [6, 6.07) is 11.2. The van der Waals surface area contributed by atoms with E-state index in [4.69, 9.17) is 4.18 Å². The van der Waals surface area contributed by atoms with Gasteiger partial charge in [-0.1, -0.05) is 71.4 Å². The van der Waals surface area contributed by atoms with Crippen LogP contribution in [0, 0.1) is 11.7 Å². The molecule has 0 aliphatic heterocycles. The van der Waals surface area contributed by atoms with Crippen LogP contribution in [0.25, 0.3) is 0 Å². The zero-order valence-corrected chi connectivity index (χ0v) is 21.5. The summed E-state index contributed by atoms with van der Waals surface area (Å²) in [5.74, 6) is 0.0713. The second kappa shape index (κ2) is 14.1. The van der Waals surface area contributed by atoms with Crippen molar-refractivity contribution in [2.24, 2.45) is 5.92 Å². The first-order valence-electron chi connectivity index (χ1n) is 12.3. The lowest BCUT2D eigenvalue weighted by Crippen LogP contribution is -2.33. The van der Waals surface area contributed by atoms with Gasteiger partial charge in [0.25, 0.3) is 0 Å². The van der Waals surface area contributed by atoms with E-state index in [1.807, 2.05) is 11.0 Å². The number of nitrogens with zero attached hydrogens (tertiary/aromatic N) is 1. The van der Waals surface area contributed by atoms with E-state index in [0.29, 0.717) is 25.4 Å². The minimum absolute atomic E-state index is 0.118. The van der Waals surface area contributed by atoms with Crippen LogP contribution in [0.15, 0.2) is 53.4 Å². The van der Waals surface area contributed by atoms with Crippen molar-refractivity contribution >= 4 is 16.0 Å². The van der Waals surface area contributed by atoms with Crippen LogP contribution < -0.4 is 4.18 Å². The van der Waals surface area contributed by atoms with Gasteiger partial charge in [0.15, 0.2) is 0 Å². The number of hydrogen-bond donors (Lipinski definition) is 0. The van der Waals surface area contributed by atoms with Crippen LogP contribution in [0.4, 0.5) is 4.39 Å². The summed E-state index contributed by atoms with van der Waals surface area (Å²) in [6.07, 6.45) is 8.63. The smallest absolute Gasteiger partial charge is 0.339 e. The van der Waals surface area contributed by atoms with E-state index < -0.39 is 15.9 Å². The Labute approximate surface area is 204 Å². The van der Waals surface area contributed by atoms with Gasteiger partial charge in [-0.15, -0.1) is 0 Å². The van der Waals surface area contributed by atoms with E-state index in [9.17, 15) is 17.6 Å². The van der Waals surface area contributed by atoms with Crippen molar-refractivity contribution in [3.05, 3.63) is 59.9 Å². The van der Waals surface area contributed by atoms with Crippen LogP contribution in [0.5, 0.6) is 5.75 Å². The monoisotopic (exact) mass is 491 g/mol. The molecule has 0 bridgehead atoms. The van der Waals surface area contributed by atoms with Crippen LogP contribution in [0.3, 0.4) is 0 Å². The molecule has 0 radical (unpaired) electrons. The molecule has 0 heterocycles. The lowest BCUT2D eigenvalue weighted by Gasteiger charge is -2.25. The van der Waals surface area contributed by atoms with Crippen LogP contribution in [-0.2, 0) is 21.5 Å². The lowest BCUT2D eigenvalue weighted by molar-refractivity contribution is -0.132. The molecule has 0 unspecified atom stereocenters. The van der Waals surface area contributed by atoms with Crippen molar-refractivity contribution in [2.45, 2.75) is 83.6 Å². The predicted octanol–water partition coefficient (Wildman–Crippen LogP) is 6.72. The molecule has 0 fully saturated rings. The molecular formula is C27H38FNO4S. The summed E-state index contributed by atoms with van der Waals surface area (Å²) in [5, 5.41) is 0. The summed E-state index contributed by atoms with van der Waals surface area (Å²) in [5.41, 5.74) is 0.792. The van der Waals surface area contributed by atoms with Crippen LogP contribution in [0.1, 0.15) is 77.7 Å². The maximum Gasteiger partial charge on any atom is 0.339 e. The van der Waals surface area contributed by atoms with Gasteiger partial charge >= 0.3 is 10.1 Å². The molecule has 0 aliphatic rings. The third-order valence-corrected chi connectivity index (χ3v) is 6.77. The van der Waals surface area contributed by atoms with Crippen LogP contribution in [-0.4, -0.2) is 25.8 Å². The third-order valence-electron chi connectivity index (χ3n) is 5.51.